The van der Waals surface area contributed by atoms with Gasteiger partial charge in [-0.1, -0.05) is 36.4 Å². The Morgan fingerprint density at radius 2 is 1.76 bits per heavy atom. The van der Waals surface area contributed by atoms with Crippen LogP contribution in [0.15, 0.2) is 48.5 Å². The summed E-state index contributed by atoms with van der Waals surface area (Å²) in [7, 11) is 1.61. The van der Waals surface area contributed by atoms with Crippen molar-refractivity contribution in [3.63, 3.8) is 0 Å². The summed E-state index contributed by atoms with van der Waals surface area (Å²) in [5, 5.41) is 2.88. The third kappa shape index (κ3) is 5.64. The number of carbonyl (C=O) groups is 2. The SMILES string of the molecule is COc1ccc(CN(CC(=O)NCc2ccccc2C)C(C)=O)cc1. The molecule has 0 saturated carbocycles. The van der Waals surface area contributed by atoms with E-state index in [1.165, 1.54) is 11.8 Å². The highest BCUT2D eigenvalue weighted by Crippen LogP contribution is 2.13. The predicted molar refractivity (Wildman–Crippen MR) is 97.1 cm³/mol. The van der Waals surface area contributed by atoms with Crippen molar-refractivity contribution in [3.05, 3.63) is 65.2 Å². The van der Waals surface area contributed by atoms with E-state index in [4.69, 9.17) is 4.74 Å². The van der Waals surface area contributed by atoms with Crippen molar-refractivity contribution in [2.24, 2.45) is 0 Å². The van der Waals surface area contributed by atoms with E-state index in [1.54, 1.807) is 7.11 Å². The van der Waals surface area contributed by atoms with E-state index < -0.39 is 0 Å². The summed E-state index contributed by atoms with van der Waals surface area (Å²) in [6, 6.07) is 15.4. The Balaban J connectivity index is 1.92. The van der Waals surface area contributed by atoms with Gasteiger partial charge in [0.1, 0.15) is 5.75 Å². The predicted octanol–water partition coefficient (Wildman–Crippen LogP) is 2.67. The van der Waals surface area contributed by atoms with Gasteiger partial charge in [-0.25, -0.2) is 0 Å². The second kappa shape index (κ2) is 8.87. The van der Waals surface area contributed by atoms with Crippen molar-refractivity contribution in [2.45, 2.75) is 26.9 Å². The number of benzene rings is 2. The number of amides is 2. The van der Waals surface area contributed by atoms with Crippen molar-refractivity contribution < 1.29 is 14.3 Å². The Hall–Kier alpha value is -2.82. The smallest absolute Gasteiger partial charge is 0.239 e. The van der Waals surface area contributed by atoms with Crippen molar-refractivity contribution in [1.82, 2.24) is 10.2 Å². The summed E-state index contributed by atoms with van der Waals surface area (Å²) >= 11 is 0. The van der Waals surface area contributed by atoms with Crippen molar-refractivity contribution in [2.75, 3.05) is 13.7 Å². The third-order valence-electron chi connectivity index (χ3n) is 4.05. The first-order valence-electron chi connectivity index (χ1n) is 8.19. The molecule has 0 radical (unpaired) electrons. The molecule has 2 aromatic carbocycles. The Kier molecular flexibility index (Phi) is 6.57. The highest BCUT2D eigenvalue weighted by molar-refractivity contribution is 5.83. The van der Waals surface area contributed by atoms with Crippen LogP contribution in [0.4, 0.5) is 0 Å². The maximum absolute atomic E-state index is 12.2. The zero-order valence-corrected chi connectivity index (χ0v) is 14.9. The van der Waals surface area contributed by atoms with E-state index >= 15 is 0 Å². The van der Waals surface area contributed by atoms with Gasteiger partial charge < -0.3 is 15.0 Å². The van der Waals surface area contributed by atoms with E-state index in [0.29, 0.717) is 13.1 Å². The van der Waals surface area contributed by atoms with Gasteiger partial charge in [-0.2, -0.15) is 0 Å². The van der Waals surface area contributed by atoms with Crippen LogP contribution in [0.3, 0.4) is 0 Å². The number of hydrogen-bond donors (Lipinski definition) is 1. The molecule has 25 heavy (non-hydrogen) atoms. The lowest BCUT2D eigenvalue weighted by Gasteiger charge is -2.21. The average Bonchev–Trinajstić information content (AvgIpc) is 2.61. The van der Waals surface area contributed by atoms with Gasteiger partial charge in [-0.15, -0.1) is 0 Å². The molecule has 0 aliphatic heterocycles. The molecule has 2 rings (SSSR count). The van der Waals surface area contributed by atoms with Crippen LogP contribution in [0.25, 0.3) is 0 Å². The first kappa shape index (κ1) is 18.5. The molecule has 2 aromatic rings. The van der Waals surface area contributed by atoms with Gasteiger partial charge in [-0.3, -0.25) is 9.59 Å². The molecule has 0 unspecified atom stereocenters. The number of carbonyl (C=O) groups excluding carboxylic acids is 2. The number of ether oxygens (including phenoxy) is 1. The first-order chi connectivity index (χ1) is 12.0. The molecule has 0 aromatic heterocycles. The van der Waals surface area contributed by atoms with Gasteiger partial charge in [0.25, 0.3) is 0 Å². The minimum absolute atomic E-state index is 0.0350. The molecule has 5 heteroatoms. The quantitative estimate of drug-likeness (QED) is 0.843. The van der Waals surface area contributed by atoms with E-state index in [2.05, 4.69) is 5.32 Å². The molecule has 0 spiro atoms. The molecule has 0 bridgehead atoms. The second-order valence-electron chi connectivity index (χ2n) is 5.93. The molecule has 2 amide bonds. The Bertz CT molecular complexity index is 726. The van der Waals surface area contributed by atoms with Crippen LogP contribution in [0.2, 0.25) is 0 Å². The van der Waals surface area contributed by atoms with E-state index in [0.717, 1.165) is 22.4 Å². The molecule has 1 N–H and O–H groups in total. The maximum Gasteiger partial charge on any atom is 0.239 e. The van der Waals surface area contributed by atoms with Crippen LogP contribution >= 0.6 is 0 Å². The number of hydrogen-bond acceptors (Lipinski definition) is 3. The van der Waals surface area contributed by atoms with Crippen LogP contribution < -0.4 is 10.1 Å². The number of aryl methyl sites for hydroxylation is 1. The molecule has 5 nitrogen and oxygen atoms in total. The largest absolute Gasteiger partial charge is 0.497 e. The fourth-order valence-corrected chi connectivity index (χ4v) is 2.46. The first-order valence-corrected chi connectivity index (χ1v) is 8.19. The summed E-state index contributed by atoms with van der Waals surface area (Å²) in [4.78, 5) is 25.6. The zero-order chi connectivity index (χ0) is 18.2. The lowest BCUT2D eigenvalue weighted by molar-refractivity contribution is -0.135. The molecule has 0 saturated heterocycles. The van der Waals surface area contributed by atoms with Crippen LogP contribution in [0, 0.1) is 6.92 Å². The van der Waals surface area contributed by atoms with Gasteiger partial charge in [-0.05, 0) is 35.7 Å². The standard InChI is InChI=1S/C20H24N2O3/c1-15-6-4-5-7-18(15)12-21-20(24)14-22(16(2)23)13-17-8-10-19(25-3)11-9-17/h4-11H,12-14H2,1-3H3,(H,21,24). The number of nitrogens with zero attached hydrogens (tertiary/aromatic N) is 1. The van der Waals surface area contributed by atoms with Crippen LogP contribution in [-0.2, 0) is 22.7 Å². The maximum atomic E-state index is 12.2. The van der Waals surface area contributed by atoms with E-state index in [-0.39, 0.29) is 18.4 Å². The highest BCUT2D eigenvalue weighted by atomic mass is 16.5. The van der Waals surface area contributed by atoms with Gasteiger partial charge in [0.05, 0.1) is 13.7 Å². The third-order valence-corrected chi connectivity index (χ3v) is 4.05. The zero-order valence-electron chi connectivity index (χ0n) is 14.9. The summed E-state index contributed by atoms with van der Waals surface area (Å²) < 4.78 is 5.13. The molecule has 0 heterocycles. The summed E-state index contributed by atoms with van der Waals surface area (Å²) in [6.07, 6.45) is 0. The van der Waals surface area contributed by atoms with Crippen molar-refractivity contribution >= 4 is 11.8 Å². The Morgan fingerprint density at radius 3 is 2.36 bits per heavy atom. The van der Waals surface area contributed by atoms with Crippen LogP contribution in [0.1, 0.15) is 23.6 Å². The average molecular weight is 340 g/mol. The molecule has 132 valence electrons. The highest BCUT2D eigenvalue weighted by Gasteiger charge is 2.14. The van der Waals surface area contributed by atoms with Gasteiger partial charge in [0.15, 0.2) is 0 Å². The number of rotatable bonds is 7. The van der Waals surface area contributed by atoms with Gasteiger partial charge >= 0.3 is 0 Å². The molecule has 0 fully saturated rings. The monoisotopic (exact) mass is 340 g/mol. The van der Waals surface area contributed by atoms with E-state index in [9.17, 15) is 9.59 Å². The normalized spacial score (nSPS) is 10.2. The summed E-state index contributed by atoms with van der Waals surface area (Å²) in [5.41, 5.74) is 3.15. The van der Waals surface area contributed by atoms with Crippen molar-refractivity contribution in [3.8, 4) is 5.75 Å². The van der Waals surface area contributed by atoms with Crippen molar-refractivity contribution in [1.29, 1.82) is 0 Å². The van der Waals surface area contributed by atoms with Gasteiger partial charge in [0.2, 0.25) is 11.8 Å². The Labute approximate surface area is 148 Å². The minimum Gasteiger partial charge on any atom is -0.497 e. The van der Waals surface area contributed by atoms with Crippen LogP contribution in [0.5, 0.6) is 5.75 Å². The molecular formula is C20H24N2O3. The molecule has 0 aliphatic rings. The lowest BCUT2D eigenvalue weighted by Crippen LogP contribution is -2.39. The summed E-state index contributed by atoms with van der Waals surface area (Å²) in [6.45, 7) is 4.36. The van der Waals surface area contributed by atoms with E-state index in [1.807, 2.05) is 55.5 Å². The van der Waals surface area contributed by atoms with Gasteiger partial charge in [0, 0.05) is 20.0 Å². The fraction of sp³-hybridized carbons (Fsp3) is 0.300. The Morgan fingerprint density at radius 1 is 1.08 bits per heavy atom. The number of nitrogens with one attached hydrogen (secondary N) is 1. The fourth-order valence-electron chi connectivity index (χ4n) is 2.46. The minimum atomic E-state index is -0.174. The second-order valence-corrected chi connectivity index (χ2v) is 5.93. The summed E-state index contributed by atoms with van der Waals surface area (Å²) in [5.74, 6) is 0.447. The number of methoxy groups -OCH3 is 1. The van der Waals surface area contributed by atoms with Crippen LogP contribution in [-0.4, -0.2) is 30.4 Å². The lowest BCUT2D eigenvalue weighted by atomic mass is 10.1. The topological polar surface area (TPSA) is 58.6 Å². The molecule has 0 aliphatic carbocycles. The molecular weight excluding hydrogens is 316 g/mol. The molecule has 0 atom stereocenters.